The number of anilines is 1. The Kier molecular flexibility index (Phi) is 6.74. The summed E-state index contributed by atoms with van der Waals surface area (Å²) < 4.78 is 9.78. The summed E-state index contributed by atoms with van der Waals surface area (Å²) in [6.45, 7) is 0.747. The Labute approximate surface area is 195 Å². The van der Waals surface area contributed by atoms with Gasteiger partial charge in [-0.3, -0.25) is 4.79 Å². The van der Waals surface area contributed by atoms with Crippen LogP contribution in [0.3, 0.4) is 0 Å². The molecule has 0 aliphatic carbocycles. The van der Waals surface area contributed by atoms with Crippen molar-refractivity contribution in [3.63, 3.8) is 0 Å². The second-order valence-electron chi connectivity index (χ2n) is 7.65. The van der Waals surface area contributed by atoms with Gasteiger partial charge in [-0.25, -0.2) is 9.59 Å². The Hall–Kier alpha value is -3.65. The van der Waals surface area contributed by atoms with Crippen LogP contribution in [0.1, 0.15) is 42.3 Å². The fraction of sp³-hybridized carbons (Fsp3) is 0.240. The fourth-order valence-corrected chi connectivity index (χ4v) is 5.12. The van der Waals surface area contributed by atoms with Crippen LogP contribution in [-0.2, 0) is 28.9 Å². The number of amides is 2. The number of hydrogen-bond donors (Lipinski definition) is 1. The monoisotopic (exact) mass is 464 g/mol. The van der Waals surface area contributed by atoms with Crippen LogP contribution in [0, 0.1) is 0 Å². The van der Waals surface area contributed by atoms with E-state index in [-0.39, 0.29) is 5.91 Å². The molecule has 7 nitrogen and oxygen atoms in total. The second kappa shape index (κ2) is 9.87. The molecule has 1 N–H and O–H groups in total. The number of carbonyl (C=O) groups is 3. The van der Waals surface area contributed by atoms with Crippen molar-refractivity contribution < 1.29 is 23.9 Å². The normalized spacial score (nSPS) is 12.6. The minimum absolute atomic E-state index is 0.310. The topological polar surface area (TPSA) is 84.9 Å². The molecule has 1 aromatic heterocycles. The van der Waals surface area contributed by atoms with Gasteiger partial charge in [0.15, 0.2) is 0 Å². The summed E-state index contributed by atoms with van der Waals surface area (Å²) in [5.41, 5.74) is 3.95. The van der Waals surface area contributed by atoms with Crippen molar-refractivity contribution in [1.82, 2.24) is 4.90 Å². The smallest absolute Gasteiger partial charge is 0.409 e. The van der Waals surface area contributed by atoms with Gasteiger partial charge in [0.1, 0.15) is 5.00 Å². The number of carbonyl (C=O) groups excluding carboxylic acids is 3. The largest absolute Gasteiger partial charge is 0.465 e. The van der Waals surface area contributed by atoms with Crippen molar-refractivity contribution >= 4 is 34.3 Å². The van der Waals surface area contributed by atoms with E-state index in [2.05, 4.69) is 17.4 Å². The number of rotatable bonds is 5. The number of methoxy groups -OCH3 is 2. The van der Waals surface area contributed by atoms with Crippen molar-refractivity contribution in [2.24, 2.45) is 0 Å². The number of thiophene rings is 1. The number of esters is 1. The molecule has 0 bridgehead atoms. The maximum atomic E-state index is 12.9. The number of ether oxygens (including phenoxy) is 2. The van der Waals surface area contributed by atoms with Gasteiger partial charge in [-0.1, -0.05) is 42.5 Å². The molecule has 2 heterocycles. The third-order valence-electron chi connectivity index (χ3n) is 5.57. The Morgan fingerprint density at radius 1 is 0.970 bits per heavy atom. The first-order chi connectivity index (χ1) is 16.0. The molecule has 0 unspecified atom stereocenters. The van der Waals surface area contributed by atoms with Crippen molar-refractivity contribution in [3.8, 4) is 0 Å². The molecule has 1 aliphatic heterocycles. The van der Waals surface area contributed by atoms with Crippen molar-refractivity contribution in [1.29, 1.82) is 0 Å². The highest BCUT2D eigenvalue weighted by molar-refractivity contribution is 7.17. The van der Waals surface area contributed by atoms with E-state index in [9.17, 15) is 14.4 Å². The van der Waals surface area contributed by atoms with Crippen LogP contribution >= 0.6 is 11.3 Å². The first kappa shape index (κ1) is 22.5. The zero-order valence-electron chi connectivity index (χ0n) is 18.4. The Morgan fingerprint density at radius 2 is 1.67 bits per heavy atom. The quantitative estimate of drug-likeness (QED) is 0.562. The van der Waals surface area contributed by atoms with Crippen LogP contribution in [0.15, 0.2) is 54.6 Å². The lowest BCUT2D eigenvalue weighted by Crippen LogP contribution is -2.35. The molecule has 8 heteroatoms. The van der Waals surface area contributed by atoms with Crippen LogP contribution in [0.5, 0.6) is 0 Å². The summed E-state index contributed by atoms with van der Waals surface area (Å²) in [4.78, 5) is 39.8. The zero-order chi connectivity index (χ0) is 23.4. The van der Waals surface area contributed by atoms with E-state index in [1.54, 1.807) is 17.0 Å². The minimum atomic E-state index is -0.507. The third kappa shape index (κ3) is 4.90. The van der Waals surface area contributed by atoms with Gasteiger partial charge in [0, 0.05) is 17.0 Å². The van der Waals surface area contributed by atoms with E-state index in [0.29, 0.717) is 35.6 Å². The average molecular weight is 465 g/mol. The number of nitrogens with zero attached hydrogens (tertiary/aromatic N) is 1. The molecule has 0 spiro atoms. The highest BCUT2D eigenvalue weighted by atomic mass is 32.1. The van der Waals surface area contributed by atoms with Gasteiger partial charge in [-0.15, -0.1) is 11.3 Å². The summed E-state index contributed by atoms with van der Waals surface area (Å²) in [6, 6.07) is 17.5. The first-order valence-corrected chi connectivity index (χ1v) is 11.3. The molecule has 2 aromatic carbocycles. The molecule has 0 saturated heterocycles. The van der Waals surface area contributed by atoms with Gasteiger partial charge in [-0.05, 0) is 41.7 Å². The highest BCUT2D eigenvalue weighted by Gasteiger charge is 2.31. The molecule has 0 atom stereocenters. The van der Waals surface area contributed by atoms with E-state index in [1.807, 2.05) is 30.3 Å². The standard InChI is InChI=1S/C25H24N2O5S/c1-31-24(29)21-19-12-13-27(25(30)32-2)15-20(19)33-23(21)26-22(28)18-10-8-17(9-11-18)14-16-6-4-3-5-7-16/h3-11H,12-15H2,1-2H3,(H,26,28). The first-order valence-electron chi connectivity index (χ1n) is 10.5. The lowest BCUT2D eigenvalue weighted by atomic mass is 10.0. The van der Waals surface area contributed by atoms with Crippen LogP contribution in [0.4, 0.5) is 9.80 Å². The molecule has 33 heavy (non-hydrogen) atoms. The number of nitrogens with one attached hydrogen (secondary N) is 1. The van der Waals surface area contributed by atoms with E-state index in [0.717, 1.165) is 22.4 Å². The van der Waals surface area contributed by atoms with Gasteiger partial charge in [0.05, 0.1) is 26.3 Å². The zero-order valence-corrected chi connectivity index (χ0v) is 19.2. The molecule has 4 rings (SSSR count). The molecular formula is C25H24N2O5S. The van der Waals surface area contributed by atoms with Gasteiger partial charge in [0.25, 0.3) is 5.91 Å². The van der Waals surface area contributed by atoms with Gasteiger partial charge in [0.2, 0.25) is 0 Å². The lowest BCUT2D eigenvalue weighted by molar-refractivity contribution is 0.0600. The van der Waals surface area contributed by atoms with Crippen LogP contribution < -0.4 is 5.32 Å². The number of benzene rings is 2. The van der Waals surface area contributed by atoms with Crippen LogP contribution in [0.25, 0.3) is 0 Å². The number of hydrogen-bond acceptors (Lipinski definition) is 6. The maximum absolute atomic E-state index is 12.9. The van der Waals surface area contributed by atoms with Gasteiger partial charge < -0.3 is 19.7 Å². The molecule has 2 amide bonds. The Bertz CT molecular complexity index is 1170. The molecule has 1 aliphatic rings. The summed E-state index contributed by atoms with van der Waals surface area (Å²) in [5.74, 6) is -0.817. The predicted octanol–water partition coefficient (Wildman–Crippen LogP) is 4.50. The highest BCUT2D eigenvalue weighted by Crippen LogP contribution is 2.38. The molecule has 0 radical (unpaired) electrons. The average Bonchev–Trinajstić information content (AvgIpc) is 3.21. The summed E-state index contributed by atoms with van der Waals surface area (Å²) in [6.07, 6.45) is 0.841. The van der Waals surface area contributed by atoms with E-state index in [1.165, 1.54) is 31.1 Å². The van der Waals surface area contributed by atoms with E-state index < -0.39 is 12.1 Å². The molecular weight excluding hydrogens is 440 g/mol. The van der Waals surface area contributed by atoms with Crippen molar-refractivity contribution in [2.75, 3.05) is 26.1 Å². The van der Waals surface area contributed by atoms with Crippen LogP contribution in [0.2, 0.25) is 0 Å². The minimum Gasteiger partial charge on any atom is -0.465 e. The van der Waals surface area contributed by atoms with Gasteiger partial charge in [-0.2, -0.15) is 0 Å². The van der Waals surface area contributed by atoms with Crippen LogP contribution in [-0.4, -0.2) is 43.6 Å². The SMILES string of the molecule is COC(=O)c1c(NC(=O)c2ccc(Cc3ccccc3)cc2)sc2c1CCN(C(=O)OC)C2. The molecule has 3 aromatic rings. The van der Waals surface area contributed by atoms with E-state index >= 15 is 0 Å². The molecule has 0 fully saturated rings. The summed E-state index contributed by atoms with van der Waals surface area (Å²) >= 11 is 1.28. The lowest BCUT2D eigenvalue weighted by Gasteiger charge is -2.25. The maximum Gasteiger partial charge on any atom is 0.409 e. The van der Waals surface area contributed by atoms with Gasteiger partial charge >= 0.3 is 12.1 Å². The predicted molar refractivity (Wildman–Crippen MR) is 126 cm³/mol. The summed E-state index contributed by atoms with van der Waals surface area (Å²) in [7, 11) is 2.65. The third-order valence-corrected chi connectivity index (χ3v) is 6.71. The Balaban J connectivity index is 1.53. The Morgan fingerprint density at radius 3 is 2.33 bits per heavy atom. The van der Waals surface area contributed by atoms with Crippen molar-refractivity contribution in [3.05, 3.63) is 87.3 Å². The fourth-order valence-electron chi connectivity index (χ4n) is 3.88. The molecule has 0 saturated carbocycles. The summed E-state index contributed by atoms with van der Waals surface area (Å²) in [5, 5.41) is 3.30. The van der Waals surface area contributed by atoms with Crippen molar-refractivity contribution in [2.45, 2.75) is 19.4 Å². The second-order valence-corrected chi connectivity index (χ2v) is 8.76. The molecule has 170 valence electrons. The van der Waals surface area contributed by atoms with E-state index in [4.69, 9.17) is 9.47 Å². The number of fused-ring (bicyclic) bond motifs is 1.